The van der Waals surface area contributed by atoms with Gasteiger partial charge in [0.15, 0.2) is 0 Å². The highest BCUT2D eigenvalue weighted by Crippen LogP contribution is 2.25. The number of amides is 1. The van der Waals surface area contributed by atoms with Crippen molar-refractivity contribution in [2.75, 3.05) is 27.8 Å². The summed E-state index contributed by atoms with van der Waals surface area (Å²) in [6.45, 7) is 3.07. The number of carbonyl (C=O) groups excluding carboxylic acids is 1. The molecule has 0 bridgehead atoms. The quantitative estimate of drug-likeness (QED) is 0.140. The number of aryl methyl sites for hydroxylation is 1. The minimum Gasteiger partial charge on any atom is -0.497 e. The summed E-state index contributed by atoms with van der Waals surface area (Å²) in [4.78, 5) is 13.9. The third-order valence-corrected chi connectivity index (χ3v) is 7.55. The molecule has 4 heteroatoms. The summed E-state index contributed by atoms with van der Waals surface area (Å²) in [6, 6.07) is 19.1. The van der Waals surface area contributed by atoms with E-state index < -0.39 is 0 Å². The summed E-state index contributed by atoms with van der Waals surface area (Å²) >= 11 is 0. The van der Waals surface area contributed by atoms with Crippen LogP contribution in [0.25, 0.3) is 10.8 Å². The molecule has 0 fully saturated rings. The van der Waals surface area contributed by atoms with Crippen molar-refractivity contribution >= 4 is 16.7 Å². The fourth-order valence-electron chi connectivity index (χ4n) is 4.96. The third kappa shape index (κ3) is 8.79. The Morgan fingerprint density at radius 2 is 1.53 bits per heavy atom. The predicted molar refractivity (Wildman–Crippen MR) is 159 cm³/mol. The van der Waals surface area contributed by atoms with Gasteiger partial charge in [-0.3, -0.25) is 4.79 Å². The maximum Gasteiger partial charge on any atom is 0.222 e. The lowest BCUT2D eigenvalue weighted by molar-refractivity contribution is -0.130. The zero-order valence-corrected chi connectivity index (χ0v) is 24.1. The van der Waals surface area contributed by atoms with E-state index in [2.05, 4.69) is 55.5 Å². The summed E-state index contributed by atoms with van der Waals surface area (Å²) < 4.78 is 10.3. The second-order valence-corrected chi connectivity index (χ2v) is 10.4. The van der Waals surface area contributed by atoms with Crippen LogP contribution >= 0.6 is 0 Å². The molecule has 2 aromatic rings. The molecule has 0 spiro atoms. The van der Waals surface area contributed by atoms with Gasteiger partial charge in [-0.25, -0.2) is 0 Å². The minimum absolute atomic E-state index is 0.315. The Morgan fingerprint density at radius 1 is 0.789 bits per heavy atom. The number of hydrogen-bond donors (Lipinski definition) is 0. The fraction of sp³-hybridized carbons (Fsp3) is 0.500. The fourth-order valence-corrected chi connectivity index (χ4v) is 4.96. The van der Waals surface area contributed by atoms with Gasteiger partial charge in [0.25, 0.3) is 0 Å². The normalized spacial score (nSPS) is 11.1. The van der Waals surface area contributed by atoms with Crippen LogP contribution in [0.1, 0.15) is 83.1 Å². The molecule has 2 aliphatic carbocycles. The van der Waals surface area contributed by atoms with Crippen LogP contribution < -0.4 is 9.47 Å². The van der Waals surface area contributed by atoms with Gasteiger partial charge >= 0.3 is 0 Å². The molecule has 0 saturated heterocycles. The van der Waals surface area contributed by atoms with E-state index in [1.54, 1.807) is 14.2 Å². The van der Waals surface area contributed by atoms with E-state index >= 15 is 0 Å². The second kappa shape index (κ2) is 16.1. The third-order valence-electron chi connectivity index (χ3n) is 7.55. The van der Waals surface area contributed by atoms with Gasteiger partial charge in [0.2, 0.25) is 5.91 Å². The summed E-state index contributed by atoms with van der Waals surface area (Å²) in [7, 11) is 5.35. The average Bonchev–Trinajstić information content (AvgIpc) is 2.93. The van der Waals surface area contributed by atoms with Gasteiger partial charge in [-0.2, -0.15) is 0 Å². The van der Waals surface area contributed by atoms with Crippen molar-refractivity contribution in [3.8, 4) is 11.5 Å². The van der Waals surface area contributed by atoms with Crippen LogP contribution in [-0.2, 0) is 11.2 Å². The number of carbonyl (C=O) groups is 1. The lowest BCUT2D eigenvalue weighted by atomic mass is 9.99. The number of benzene rings is 3. The molecule has 0 aliphatic heterocycles. The molecular weight excluding hydrogens is 470 g/mol. The SMILES string of the molecule is CCCCN(C)C(=O)CCCCCCCCCCc1cccc2cc(OC)ccc12.COc1cc2ccc1=2. The topological polar surface area (TPSA) is 38.8 Å². The Morgan fingerprint density at radius 3 is 2.11 bits per heavy atom. The molecule has 206 valence electrons. The van der Waals surface area contributed by atoms with Crippen LogP contribution in [0.15, 0.2) is 54.6 Å². The Kier molecular flexibility index (Phi) is 12.5. The van der Waals surface area contributed by atoms with Gasteiger partial charge in [0, 0.05) is 25.2 Å². The van der Waals surface area contributed by atoms with E-state index in [0.29, 0.717) is 5.91 Å². The highest BCUT2D eigenvalue weighted by atomic mass is 16.5. The first kappa shape index (κ1) is 29.5. The Balaban J connectivity index is 0.000000417. The Bertz CT molecular complexity index is 1240. The number of unbranched alkanes of at least 4 members (excludes halogenated alkanes) is 8. The highest BCUT2D eigenvalue weighted by molar-refractivity contribution is 5.87. The van der Waals surface area contributed by atoms with Gasteiger partial charge < -0.3 is 14.4 Å². The molecule has 0 N–H and O–H groups in total. The molecular formula is C34H47NO3. The first-order chi connectivity index (χ1) is 18.6. The van der Waals surface area contributed by atoms with E-state index in [1.807, 2.05) is 18.0 Å². The zero-order chi connectivity index (χ0) is 27.2. The average molecular weight is 518 g/mol. The summed E-state index contributed by atoms with van der Waals surface area (Å²) in [5.41, 5.74) is 1.45. The number of hydrogen-bond acceptors (Lipinski definition) is 3. The van der Waals surface area contributed by atoms with Crippen molar-refractivity contribution in [3.05, 3.63) is 70.6 Å². The molecule has 0 radical (unpaired) electrons. The smallest absolute Gasteiger partial charge is 0.222 e. The number of nitrogens with zero attached hydrogens (tertiary/aromatic N) is 1. The van der Waals surface area contributed by atoms with Crippen molar-refractivity contribution in [3.63, 3.8) is 0 Å². The molecule has 0 aromatic heterocycles. The van der Waals surface area contributed by atoms with E-state index in [1.165, 1.54) is 71.7 Å². The van der Waals surface area contributed by atoms with Crippen LogP contribution in [0, 0.1) is 10.4 Å². The van der Waals surface area contributed by atoms with Crippen molar-refractivity contribution in [2.24, 2.45) is 0 Å². The van der Waals surface area contributed by atoms with Gasteiger partial charge in [-0.05, 0) is 65.4 Å². The van der Waals surface area contributed by atoms with Crippen molar-refractivity contribution < 1.29 is 14.3 Å². The van der Waals surface area contributed by atoms with Crippen LogP contribution in [-0.4, -0.2) is 38.6 Å². The first-order valence-electron chi connectivity index (χ1n) is 14.6. The molecule has 1 amide bonds. The lowest BCUT2D eigenvalue weighted by Crippen LogP contribution is -2.27. The zero-order valence-electron chi connectivity index (χ0n) is 24.1. The largest absolute Gasteiger partial charge is 0.497 e. The second-order valence-electron chi connectivity index (χ2n) is 10.4. The monoisotopic (exact) mass is 517 g/mol. The molecule has 0 atom stereocenters. The Labute approximate surface area is 229 Å². The number of methoxy groups -OCH3 is 2. The number of fused-ring (bicyclic) bond motifs is 1. The molecule has 0 saturated carbocycles. The van der Waals surface area contributed by atoms with E-state index in [4.69, 9.17) is 9.47 Å². The van der Waals surface area contributed by atoms with Gasteiger partial charge in [-0.1, -0.05) is 88.3 Å². The minimum atomic E-state index is 0.315. The van der Waals surface area contributed by atoms with Crippen LogP contribution in [0.2, 0.25) is 0 Å². The summed E-state index contributed by atoms with van der Waals surface area (Å²) in [6.07, 6.45) is 14.1. The molecule has 4 rings (SSSR count). The van der Waals surface area contributed by atoms with E-state index in [-0.39, 0.29) is 0 Å². The maximum atomic E-state index is 12.0. The molecule has 0 unspecified atom stereocenters. The standard InChI is InChI=1S/C27H41NO2.C7H6O/c1-4-5-21-28(2)27(29)18-13-11-9-7-6-8-10-12-15-23-16-14-17-24-22-25(30-3)19-20-26(23)24;1-8-7-4-5-2-3-6(5)7/h14,16-17,19-20,22H,4-13,15,18,21H2,1-3H3;2-4H,1H3. The summed E-state index contributed by atoms with van der Waals surface area (Å²) in [5, 5.41) is 5.24. The van der Waals surface area contributed by atoms with E-state index in [0.717, 1.165) is 50.1 Å². The van der Waals surface area contributed by atoms with Crippen molar-refractivity contribution in [1.82, 2.24) is 4.90 Å². The number of rotatable bonds is 16. The molecule has 0 heterocycles. The molecule has 2 aliphatic rings. The summed E-state index contributed by atoms with van der Waals surface area (Å²) in [5.74, 6) is 2.27. The predicted octanol–water partition coefficient (Wildman–Crippen LogP) is 8.46. The molecule has 4 nitrogen and oxygen atoms in total. The molecule has 38 heavy (non-hydrogen) atoms. The highest BCUT2D eigenvalue weighted by Gasteiger charge is 2.07. The van der Waals surface area contributed by atoms with Gasteiger partial charge in [0.05, 0.1) is 14.2 Å². The van der Waals surface area contributed by atoms with Crippen molar-refractivity contribution in [1.29, 1.82) is 0 Å². The van der Waals surface area contributed by atoms with Gasteiger partial charge in [-0.15, -0.1) is 0 Å². The number of ether oxygens (including phenoxy) is 2. The van der Waals surface area contributed by atoms with Gasteiger partial charge in [0.1, 0.15) is 11.5 Å². The Hall–Kier alpha value is -3.01. The van der Waals surface area contributed by atoms with E-state index in [9.17, 15) is 4.79 Å². The van der Waals surface area contributed by atoms with Crippen molar-refractivity contribution in [2.45, 2.75) is 84.0 Å². The first-order valence-corrected chi connectivity index (χ1v) is 14.6. The maximum absolute atomic E-state index is 12.0. The van der Waals surface area contributed by atoms with Crippen LogP contribution in [0.3, 0.4) is 0 Å². The van der Waals surface area contributed by atoms with Crippen LogP contribution in [0.4, 0.5) is 0 Å². The lowest BCUT2D eigenvalue weighted by Gasteiger charge is -2.16. The molecule has 2 aromatic carbocycles. The van der Waals surface area contributed by atoms with Crippen LogP contribution in [0.5, 0.6) is 11.5 Å².